The van der Waals surface area contributed by atoms with Crippen molar-refractivity contribution in [3.8, 4) is 0 Å². The molecule has 3 aromatic rings. The number of benzene rings is 1. The van der Waals surface area contributed by atoms with Gasteiger partial charge in [0.1, 0.15) is 17.8 Å². The molecule has 20 heavy (non-hydrogen) atoms. The van der Waals surface area contributed by atoms with Crippen molar-refractivity contribution in [2.24, 2.45) is 0 Å². The molecule has 3 N–H and O–H groups in total. The number of nitrogens with zero attached hydrogens (tertiary/aromatic N) is 1. The zero-order chi connectivity index (χ0) is 14.3. The number of fused-ring (bicyclic) bond motifs is 3. The normalized spacial score (nSPS) is 12.2. The molecule has 0 saturated heterocycles. The summed E-state index contributed by atoms with van der Waals surface area (Å²) < 4.78 is 13.5. The number of H-pyrrole nitrogens is 1. The van der Waals surface area contributed by atoms with Crippen LogP contribution in [0.4, 0.5) is 4.39 Å². The van der Waals surface area contributed by atoms with Crippen LogP contribution in [0.15, 0.2) is 41.5 Å². The van der Waals surface area contributed by atoms with Crippen LogP contribution in [0.2, 0.25) is 0 Å². The van der Waals surface area contributed by atoms with Crippen LogP contribution in [-0.2, 0) is 0 Å². The van der Waals surface area contributed by atoms with E-state index in [1.165, 1.54) is 30.5 Å². The Morgan fingerprint density at radius 3 is 2.85 bits per heavy atom. The van der Waals surface area contributed by atoms with Crippen molar-refractivity contribution in [1.82, 2.24) is 9.97 Å². The van der Waals surface area contributed by atoms with Gasteiger partial charge in [0.25, 0.3) is 5.56 Å². The van der Waals surface area contributed by atoms with Gasteiger partial charge < -0.3 is 15.2 Å². The van der Waals surface area contributed by atoms with Crippen molar-refractivity contribution in [3.63, 3.8) is 0 Å². The van der Waals surface area contributed by atoms with Crippen LogP contribution in [-0.4, -0.2) is 20.2 Å². The number of nitrogens with one attached hydrogen (secondary N) is 1. The first kappa shape index (κ1) is 12.2. The number of hydrogen-bond acceptors (Lipinski definition) is 4. The first-order chi connectivity index (χ1) is 9.61. The third-order valence-corrected chi connectivity index (χ3v) is 3.04. The molecule has 2 aromatic heterocycles. The zero-order valence-electron chi connectivity index (χ0n) is 10.1. The molecule has 0 amide bonds. The van der Waals surface area contributed by atoms with Crippen LogP contribution in [0.3, 0.4) is 0 Å². The third-order valence-electron chi connectivity index (χ3n) is 3.04. The molecule has 0 atom stereocenters. The van der Waals surface area contributed by atoms with E-state index in [-0.39, 0.29) is 11.1 Å². The van der Waals surface area contributed by atoms with Crippen molar-refractivity contribution in [1.29, 1.82) is 0 Å². The summed E-state index contributed by atoms with van der Waals surface area (Å²) in [6, 6.07) is 5.33. The summed E-state index contributed by atoms with van der Waals surface area (Å²) in [4.78, 5) is 18.6. The van der Waals surface area contributed by atoms with Crippen molar-refractivity contribution in [2.45, 2.75) is 0 Å². The van der Waals surface area contributed by atoms with Gasteiger partial charge in [0.15, 0.2) is 5.76 Å². The van der Waals surface area contributed by atoms with Gasteiger partial charge in [-0.05, 0) is 24.3 Å². The Hall–Kier alpha value is -2.89. The summed E-state index contributed by atoms with van der Waals surface area (Å²) in [6.45, 7) is 0. The summed E-state index contributed by atoms with van der Waals surface area (Å²) >= 11 is 0. The molecule has 6 heteroatoms. The first-order valence-corrected chi connectivity index (χ1v) is 5.76. The number of aromatic amines is 1. The van der Waals surface area contributed by atoms with Crippen molar-refractivity contribution >= 4 is 27.4 Å². The minimum Gasteiger partial charge on any atom is -0.512 e. The quantitative estimate of drug-likeness (QED) is 0.469. The highest BCUT2D eigenvalue weighted by Crippen LogP contribution is 2.27. The van der Waals surface area contributed by atoms with E-state index in [1.807, 2.05) is 0 Å². The van der Waals surface area contributed by atoms with Crippen LogP contribution < -0.4 is 5.56 Å². The van der Waals surface area contributed by atoms with E-state index in [0.717, 1.165) is 0 Å². The predicted octanol–water partition coefficient (Wildman–Crippen LogP) is 2.63. The Labute approximate surface area is 111 Å². The minimum absolute atomic E-state index is 0.0839. The monoisotopic (exact) mass is 272 g/mol. The Balaban J connectivity index is 2.63. The number of aliphatic hydroxyl groups is 2. The Bertz CT molecular complexity index is 915. The van der Waals surface area contributed by atoms with E-state index in [0.29, 0.717) is 22.6 Å². The van der Waals surface area contributed by atoms with E-state index in [2.05, 4.69) is 9.97 Å². The minimum atomic E-state index is -0.508. The Kier molecular flexibility index (Phi) is 2.64. The van der Waals surface area contributed by atoms with E-state index < -0.39 is 17.1 Å². The summed E-state index contributed by atoms with van der Waals surface area (Å²) in [5.41, 5.74) is -0.0135. The highest BCUT2D eigenvalue weighted by Gasteiger charge is 2.14. The fourth-order valence-electron chi connectivity index (χ4n) is 2.19. The second-order valence-corrected chi connectivity index (χ2v) is 4.23. The maximum Gasteiger partial charge on any atom is 0.258 e. The van der Waals surface area contributed by atoms with Gasteiger partial charge >= 0.3 is 0 Å². The van der Waals surface area contributed by atoms with Gasteiger partial charge in [-0.2, -0.15) is 0 Å². The molecule has 0 aliphatic carbocycles. The number of halogens is 1. The largest absolute Gasteiger partial charge is 0.512 e. The molecule has 3 rings (SSSR count). The van der Waals surface area contributed by atoms with Gasteiger partial charge in [0.05, 0.1) is 10.9 Å². The number of rotatable bonds is 1. The SMILES string of the molecule is O=c1[nH]ccc2nc(/C(O)=C/O)c3ccc(F)cc3c12. The summed E-state index contributed by atoms with van der Waals surface area (Å²) in [6.07, 6.45) is 1.91. The standard InChI is InChI=1S/C14H9FN2O3/c15-7-1-2-8-9(5-7)12-10(3-4-16-14(12)20)17-13(8)11(19)6-18/h1-6,18-19H,(H,16,20)/b11-6-. The average molecular weight is 272 g/mol. The molecular weight excluding hydrogens is 263 g/mol. The second-order valence-electron chi connectivity index (χ2n) is 4.23. The molecule has 0 aliphatic rings. The lowest BCUT2D eigenvalue weighted by molar-refractivity contribution is 0.430. The van der Waals surface area contributed by atoms with Crippen molar-refractivity contribution in [2.75, 3.05) is 0 Å². The molecule has 0 bridgehead atoms. The number of aliphatic hydroxyl groups excluding tert-OH is 2. The smallest absolute Gasteiger partial charge is 0.258 e. The molecular formula is C14H9FN2O3. The summed E-state index contributed by atoms with van der Waals surface area (Å²) in [5, 5.41) is 19.6. The van der Waals surface area contributed by atoms with Gasteiger partial charge in [-0.15, -0.1) is 0 Å². The molecule has 0 aliphatic heterocycles. The lowest BCUT2D eigenvalue weighted by Gasteiger charge is -2.08. The lowest BCUT2D eigenvalue weighted by Crippen LogP contribution is -2.07. The van der Waals surface area contributed by atoms with Gasteiger partial charge in [-0.25, -0.2) is 9.37 Å². The van der Waals surface area contributed by atoms with Crippen LogP contribution in [0.5, 0.6) is 0 Å². The Morgan fingerprint density at radius 2 is 2.10 bits per heavy atom. The zero-order valence-corrected chi connectivity index (χ0v) is 10.1. The second kappa shape index (κ2) is 4.34. The number of hydrogen-bond donors (Lipinski definition) is 3. The molecule has 0 unspecified atom stereocenters. The lowest BCUT2D eigenvalue weighted by atomic mass is 10.0. The molecule has 2 heterocycles. The Morgan fingerprint density at radius 1 is 1.30 bits per heavy atom. The van der Waals surface area contributed by atoms with E-state index in [4.69, 9.17) is 5.11 Å². The highest BCUT2D eigenvalue weighted by molar-refractivity contribution is 6.08. The fraction of sp³-hybridized carbons (Fsp3) is 0. The number of pyridine rings is 2. The molecule has 1 aromatic carbocycles. The van der Waals surface area contributed by atoms with Crippen molar-refractivity contribution in [3.05, 3.63) is 58.6 Å². The van der Waals surface area contributed by atoms with Crippen LogP contribution in [0, 0.1) is 5.82 Å². The van der Waals surface area contributed by atoms with E-state index in [9.17, 15) is 14.3 Å². The summed E-state index contributed by atoms with van der Waals surface area (Å²) in [7, 11) is 0. The van der Waals surface area contributed by atoms with Gasteiger partial charge in [0, 0.05) is 17.0 Å². The van der Waals surface area contributed by atoms with Gasteiger partial charge in [-0.3, -0.25) is 4.79 Å². The molecule has 0 fully saturated rings. The van der Waals surface area contributed by atoms with Crippen LogP contribution in [0.1, 0.15) is 5.69 Å². The molecule has 0 radical (unpaired) electrons. The van der Waals surface area contributed by atoms with E-state index in [1.54, 1.807) is 0 Å². The average Bonchev–Trinajstić information content (AvgIpc) is 2.45. The van der Waals surface area contributed by atoms with Gasteiger partial charge in [-0.1, -0.05) is 0 Å². The predicted molar refractivity (Wildman–Crippen MR) is 73.1 cm³/mol. The summed E-state index contributed by atoms with van der Waals surface area (Å²) in [5.74, 6) is -0.963. The third kappa shape index (κ3) is 1.70. The highest BCUT2D eigenvalue weighted by atomic mass is 19.1. The van der Waals surface area contributed by atoms with Gasteiger partial charge in [0.2, 0.25) is 0 Å². The number of aromatic nitrogens is 2. The topological polar surface area (TPSA) is 86.2 Å². The van der Waals surface area contributed by atoms with E-state index >= 15 is 0 Å². The maximum absolute atomic E-state index is 13.5. The van der Waals surface area contributed by atoms with Crippen LogP contribution in [0.25, 0.3) is 27.4 Å². The molecule has 0 spiro atoms. The fourth-order valence-corrected chi connectivity index (χ4v) is 2.19. The van der Waals surface area contributed by atoms with Crippen LogP contribution >= 0.6 is 0 Å². The molecule has 100 valence electrons. The maximum atomic E-state index is 13.5. The molecule has 0 saturated carbocycles. The first-order valence-electron chi connectivity index (χ1n) is 5.76. The van der Waals surface area contributed by atoms with Crippen molar-refractivity contribution < 1.29 is 14.6 Å². The molecule has 5 nitrogen and oxygen atoms in total.